The van der Waals surface area contributed by atoms with E-state index in [2.05, 4.69) is 4.18 Å². The lowest BCUT2D eigenvalue weighted by atomic mass is 10.2. The van der Waals surface area contributed by atoms with Crippen LogP contribution in [0.1, 0.15) is 25.3 Å². The Bertz CT molecular complexity index is 651. The molecule has 0 amide bonds. The maximum atomic E-state index is 12.3. The zero-order valence-corrected chi connectivity index (χ0v) is 13.0. The number of benzene rings is 1. The van der Waals surface area contributed by atoms with Crippen molar-refractivity contribution in [1.29, 1.82) is 0 Å². The summed E-state index contributed by atoms with van der Waals surface area (Å²) in [4.78, 5) is 11.6. The van der Waals surface area contributed by atoms with Crippen molar-refractivity contribution in [2.24, 2.45) is 0 Å². The smallest absolute Gasteiger partial charge is 0.458 e. The van der Waals surface area contributed by atoms with Gasteiger partial charge in [0.1, 0.15) is 12.4 Å². The van der Waals surface area contributed by atoms with Gasteiger partial charge in [-0.15, -0.1) is 0 Å². The van der Waals surface area contributed by atoms with Gasteiger partial charge in [-0.05, 0) is 12.0 Å². The highest BCUT2D eigenvalue weighted by molar-refractivity contribution is 7.87. The average Bonchev–Trinajstić information content (AvgIpc) is 2.45. The summed E-state index contributed by atoms with van der Waals surface area (Å²) in [6, 6.07) is 8.59. The van der Waals surface area contributed by atoms with Crippen molar-refractivity contribution in [2.45, 2.75) is 31.9 Å². The normalized spacial score (nSPS) is 12.8. The third-order valence-corrected chi connectivity index (χ3v) is 3.50. The van der Waals surface area contributed by atoms with E-state index in [0.717, 1.165) is 0 Å². The molecule has 0 saturated carbocycles. The first kappa shape index (κ1) is 19.0. The molecule has 0 spiro atoms. The number of rotatable bonds is 7. The average molecular weight is 352 g/mol. The molecule has 0 bridgehead atoms. The Morgan fingerprint density at radius 3 is 2.35 bits per heavy atom. The standard InChI is InChI=1S/C14H15F3O5S/c1-2-6-12(22-23(19,20)14(15,16)17)9-13(18)21-10-11-7-4-3-5-8-11/h3-5,7-9H,2,6,10H2,1H3/b12-9-. The van der Waals surface area contributed by atoms with E-state index in [4.69, 9.17) is 4.74 Å². The van der Waals surface area contributed by atoms with E-state index in [1.165, 1.54) is 0 Å². The van der Waals surface area contributed by atoms with E-state index in [1.54, 1.807) is 37.3 Å². The lowest BCUT2D eigenvalue weighted by molar-refractivity contribution is -0.139. The van der Waals surface area contributed by atoms with Gasteiger partial charge in [0, 0.05) is 6.42 Å². The molecule has 0 aliphatic heterocycles. The van der Waals surface area contributed by atoms with Crippen LogP contribution in [0.2, 0.25) is 0 Å². The summed E-state index contributed by atoms with van der Waals surface area (Å²) in [5.74, 6) is -1.61. The Kier molecular flexibility index (Phi) is 6.62. The van der Waals surface area contributed by atoms with Gasteiger partial charge < -0.3 is 8.92 Å². The van der Waals surface area contributed by atoms with Gasteiger partial charge in [-0.2, -0.15) is 21.6 Å². The first-order valence-corrected chi connectivity index (χ1v) is 7.98. The summed E-state index contributed by atoms with van der Waals surface area (Å²) in [5.41, 5.74) is -4.89. The zero-order valence-electron chi connectivity index (χ0n) is 12.2. The second-order valence-electron chi connectivity index (χ2n) is 4.44. The number of halogens is 3. The molecule has 1 aromatic rings. The zero-order chi connectivity index (χ0) is 17.5. The molecule has 5 nitrogen and oxygen atoms in total. The number of esters is 1. The molecule has 0 aromatic heterocycles. The molecule has 0 radical (unpaired) electrons. The number of ether oxygens (including phenoxy) is 1. The van der Waals surface area contributed by atoms with Crippen LogP contribution in [0.5, 0.6) is 0 Å². The predicted octanol–water partition coefficient (Wildman–Crippen LogP) is 3.28. The molecule has 0 aliphatic carbocycles. The fourth-order valence-corrected chi connectivity index (χ4v) is 1.98. The Balaban J connectivity index is 2.76. The Morgan fingerprint density at radius 1 is 1.22 bits per heavy atom. The molecule has 128 valence electrons. The van der Waals surface area contributed by atoms with Crippen LogP contribution in [0.15, 0.2) is 42.2 Å². The van der Waals surface area contributed by atoms with E-state index in [0.29, 0.717) is 11.6 Å². The quantitative estimate of drug-likeness (QED) is 0.248. The van der Waals surface area contributed by atoms with Crippen LogP contribution >= 0.6 is 0 Å². The fourth-order valence-electron chi connectivity index (χ4n) is 1.47. The van der Waals surface area contributed by atoms with Gasteiger partial charge in [0.2, 0.25) is 0 Å². The lowest BCUT2D eigenvalue weighted by Crippen LogP contribution is -2.25. The molecule has 0 heterocycles. The number of carbonyl (C=O) groups excluding carboxylic acids is 1. The van der Waals surface area contributed by atoms with Crippen molar-refractivity contribution >= 4 is 16.1 Å². The molecule has 23 heavy (non-hydrogen) atoms. The number of alkyl halides is 3. The second-order valence-corrected chi connectivity index (χ2v) is 5.97. The highest BCUT2D eigenvalue weighted by Gasteiger charge is 2.48. The van der Waals surface area contributed by atoms with E-state index >= 15 is 0 Å². The van der Waals surface area contributed by atoms with Crippen molar-refractivity contribution in [1.82, 2.24) is 0 Å². The predicted molar refractivity (Wildman–Crippen MR) is 75.3 cm³/mol. The monoisotopic (exact) mass is 352 g/mol. The van der Waals surface area contributed by atoms with E-state index in [1.807, 2.05) is 0 Å². The molecule has 9 heteroatoms. The first-order chi connectivity index (χ1) is 10.7. The van der Waals surface area contributed by atoms with Crippen LogP contribution in [0.25, 0.3) is 0 Å². The van der Waals surface area contributed by atoms with Crippen molar-refractivity contribution in [3.63, 3.8) is 0 Å². The fraction of sp³-hybridized carbons (Fsp3) is 0.357. The Morgan fingerprint density at radius 2 is 1.83 bits per heavy atom. The van der Waals surface area contributed by atoms with Gasteiger partial charge in [-0.1, -0.05) is 37.3 Å². The number of hydrogen-bond acceptors (Lipinski definition) is 5. The molecular formula is C14H15F3O5S. The highest BCUT2D eigenvalue weighted by atomic mass is 32.2. The van der Waals surface area contributed by atoms with Crippen molar-refractivity contribution in [3.8, 4) is 0 Å². The molecule has 0 aliphatic rings. The van der Waals surface area contributed by atoms with Crippen LogP contribution in [0, 0.1) is 0 Å². The minimum atomic E-state index is -5.81. The summed E-state index contributed by atoms with van der Waals surface area (Å²) < 4.78 is 67.6. The SMILES string of the molecule is CCC/C(=C/C(=O)OCc1ccccc1)OS(=O)(=O)C(F)(F)F. The molecule has 1 rings (SSSR count). The largest absolute Gasteiger partial charge is 0.534 e. The maximum Gasteiger partial charge on any atom is 0.534 e. The van der Waals surface area contributed by atoms with Crippen molar-refractivity contribution in [2.75, 3.05) is 0 Å². The van der Waals surface area contributed by atoms with Crippen LogP contribution in [-0.2, 0) is 30.4 Å². The highest BCUT2D eigenvalue weighted by Crippen LogP contribution is 2.27. The van der Waals surface area contributed by atoms with Gasteiger partial charge in [0.05, 0.1) is 6.08 Å². The van der Waals surface area contributed by atoms with Gasteiger partial charge in [-0.3, -0.25) is 0 Å². The number of allylic oxidation sites excluding steroid dienone is 1. The molecule has 0 fully saturated rings. The molecule has 1 aromatic carbocycles. The van der Waals surface area contributed by atoms with Crippen LogP contribution in [0.3, 0.4) is 0 Å². The van der Waals surface area contributed by atoms with E-state index < -0.39 is 27.4 Å². The Hall–Kier alpha value is -2.03. The summed E-state index contributed by atoms with van der Waals surface area (Å²) >= 11 is 0. The molecule has 0 N–H and O–H groups in total. The number of hydrogen-bond donors (Lipinski definition) is 0. The minimum absolute atomic E-state index is 0.0956. The first-order valence-electron chi connectivity index (χ1n) is 6.57. The third kappa shape index (κ3) is 6.31. The molecule has 0 atom stereocenters. The van der Waals surface area contributed by atoms with E-state index in [-0.39, 0.29) is 19.4 Å². The molecule has 0 saturated heterocycles. The summed E-state index contributed by atoms with van der Waals surface area (Å²) in [7, 11) is -5.81. The molecule has 0 unspecified atom stereocenters. The van der Waals surface area contributed by atoms with Crippen LogP contribution < -0.4 is 0 Å². The topological polar surface area (TPSA) is 69.7 Å². The summed E-state index contributed by atoms with van der Waals surface area (Å²) in [6.07, 6.45) is 0.733. The van der Waals surface area contributed by atoms with Gasteiger partial charge in [-0.25, -0.2) is 4.79 Å². The summed E-state index contributed by atoms with van der Waals surface area (Å²) in [5, 5.41) is 0. The van der Waals surface area contributed by atoms with Crippen molar-refractivity contribution in [3.05, 3.63) is 47.7 Å². The van der Waals surface area contributed by atoms with Crippen molar-refractivity contribution < 1.29 is 35.3 Å². The van der Waals surface area contributed by atoms with Crippen LogP contribution in [0.4, 0.5) is 13.2 Å². The van der Waals surface area contributed by atoms with Gasteiger partial charge in [0.25, 0.3) is 0 Å². The van der Waals surface area contributed by atoms with Crippen LogP contribution in [-0.4, -0.2) is 19.9 Å². The Labute approximate surface area is 131 Å². The third-order valence-electron chi connectivity index (χ3n) is 2.50. The van der Waals surface area contributed by atoms with E-state index in [9.17, 15) is 26.4 Å². The lowest BCUT2D eigenvalue weighted by Gasteiger charge is -2.11. The van der Waals surface area contributed by atoms with Gasteiger partial charge >= 0.3 is 21.6 Å². The summed E-state index contributed by atoms with van der Waals surface area (Å²) in [6.45, 7) is 1.49. The number of carbonyl (C=O) groups is 1. The second kappa shape index (κ2) is 8.00. The van der Waals surface area contributed by atoms with Gasteiger partial charge in [0.15, 0.2) is 0 Å². The maximum absolute atomic E-state index is 12.3. The minimum Gasteiger partial charge on any atom is -0.458 e. The molecular weight excluding hydrogens is 337 g/mol.